The molecule has 0 aromatic heterocycles. The van der Waals surface area contributed by atoms with Crippen molar-refractivity contribution in [2.45, 2.75) is 31.1 Å². The zero-order chi connectivity index (χ0) is 15.2. The number of carbonyl (C=O) groups is 1. The number of hydrogen-bond donors (Lipinski definition) is 2. The summed E-state index contributed by atoms with van der Waals surface area (Å²) in [7, 11) is 0. The summed E-state index contributed by atoms with van der Waals surface area (Å²) in [5, 5.41) is 4.37. The maximum absolute atomic E-state index is 12.0. The minimum atomic E-state index is 0.0791. The molecule has 0 bridgehead atoms. The number of amides is 1. The van der Waals surface area contributed by atoms with Gasteiger partial charge < -0.3 is 11.1 Å². The Bertz CT molecular complexity index is 499. The van der Waals surface area contributed by atoms with E-state index in [1.54, 1.807) is 17.8 Å². The van der Waals surface area contributed by atoms with Crippen LogP contribution in [0.5, 0.6) is 0 Å². The molecule has 3 N–H and O–H groups in total. The van der Waals surface area contributed by atoms with Crippen molar-refractivity contribution in [1.82, 2.24) is 5.32 Å². The third-order valence-electron chi connectivity index (χ3n) is 3.81. The van der Waals surface area contributed by atoms with E-state index < -0.39 is 0 Å². The van der Waals surface area contributed by atoms with Gasteiger partial charge in [0.2, 0.25) is 5.91 Å². The molecule has 1 saturated carbocycles. The molecule has 1 aliphatic carbocycles. The molecule has 3 nitrogen and oxygen atoms in total. The van der Waals surface area contributed by atoms with Gasteiger partial charge in [-0.1, -0.05) is 35.7 Å². The van der Waals surface area contributed by atoms with E-state index in [9.17, 15) is 4.79 Å². The predicted octanol–water partition coefficient (Wildman–Crippen LogP) is 3.47. The second-order valence-corrected chi connectivity index (χ2v) is 7.16. The van der Waals surface area contributed by atoms with E-state index in [4.69, 9.17) is 28.9 Å². The number of halogens is 2. The third kappa shape index (κ3) is 5.06. The van der Waals surface area contributed by atoms with Crippen molar-refractivity contribution in [3.63, 3.8) is 0 Å². The molecule has 2 rings (SSSR count). The highest BCUT2D eigenvalue weighted by molar-refractivity contribution is 7.99. The quantitative estimate of drug-likeness (QED) is 0.829. The van der Waals surface area contributed by atoms with Crippen LogP contribution in [0, 0.1) is 5.92 Å². The van der Waals surface area contributed by atoms with Gasteiger partial charge in [0.25, 0.3) is 0 Å². The molecule has 1 aromatic rings. The molecule has 0 heterocycles. The maximum atomic E-state index is 12.0. The lowest BCUT2D eigenvalue weighted by Crippen LogP contribution is -2.40. The normalized spacial score (nSPS) is 21.5. The first kappa shape index (κ1) is 16.9. The van der Waals surface area contributed by atoms with Crippen LogP contribution >= 0.6 is 35.0 Å². The molecule has 1 aromatic carbocycles. The summed E-state index contributed by atoms with van der Waals surface area (Å²) in [6.45, 7) is 0.651. The molecule has 0 aliphatic heterocycles. The highest BCUT2D eigenvalue weighted by Gasteiger charge is 2.27. The summed E-state index contributed by atoms with van der Waals surface area (Å²) >= 11 is 13.5. The molecular formula is C15H20Cl2N2OS. The van der Waals surface area contributed by atoms with Gasteiger partial charge in [-0.25, -0.2) is 0 Å². The highest BCUT2D eigenvalue weighted by atomic mass is 35.5. The van der Waals surface area contributed by atoms with Gasteiger partial charge in [-0.2, -0.15) is 0 Å². The van der Waals surface area contributed by atoms with Crippen molar-refractivity contribution < 1.29 is 4.79 Å². The summed E-state index contributed by atoms with van der Waals surface area (Å²) in [6.07, 6.45) is 3.32. The van der Waals surface area contributed by atoms with Crippen LogP contribution in [-0.4, -0.2) is 24.2 Å². The summed E-state index contributed by atoms with van der Waals surface area (Å²) in [5.41, 5.74) is 6.72. The summed E-state index contributed by atoms with van der Waals surface area (Å²) in [5.74, 6) is 1.65. The first-order valence-corrected chi connectivity index (χ1v) is 9.02. The van der Waals surface area contributed by atoms with Crippen LogP contribution in [0.1, 0.15) is 24.8 Å². The van der Waals surface area contributed by atoms with E-state index in [1.807, 2.05) is 12.1 Å². The van der Waals surface area contributed by atoms with Gasteiger partial charge in [-0.3, -0.25) is 4.79 Å². The fraction of sp³-hybridized carbons (Fsp3) is 0.533. The lowest BCUT2D eigenvalue weighted by atomic mass is 10.0. The van der Waals surface area contributed by atoms with Gasteiger partial charge in [-0.15, -0.1) is 11.8 Å². The Morgan fingerprint density at radius 3 is 2.90 bits per heavy atom. The molecule has 6 heteroatoms. The SMILES string of the molecule is NCC1CCCC1NC(=O)CSCc1ccc(Cl)cc1Cl. The molecule has 2 unspecified atom stereocenters. The third-order valence-corrected chi connectivity index (χ3v) is 5.38. The second kappa shape index (κ2) is 8.28. The van der Waals surface area contributed by atoms with Gasteiger partial charge >= 0.3 is 0 Å². The van der Waals surface area contributed by atoms with Crippen LogP contribution in [0.15, 0.2) is 18.2 Å². The zero-order valence-corrected chi connectivity index (χ0v) is 14.1. The van der Waals surface area contributed by atoms with E-state index in [0.717, 1.165) is 24.8 Å². The van der Waals surface area contributed by atoms with E-state index in [0.29, 0.717) is 34.0 Å². The molecule has 116 valence electrons. The van der Waals surface area contributed by atoms with Gasteiger partial charge in [0, 0.05) is 21.8 Å². The highest BCUT2D eigenvalue weighted by Crippen LogP contribution is 2.26. The summed E-state index contributed by atoms with van der Waals surface area (Å²) < 4.78 is 0. The molecule has 0 radical (unpaired) electrons. The second-order valence-electron chi connectivity index (χ2n) is 5.33. The van der Waals surface area contributed by atoms with Gasteiger partial charge in [0.1, 0.15) is 0 Å². The number of nitrogens with one attached hydrogen (secondary N) is 1. The molecule has 0 saturated heterocycles. The Morgan fingerprint density at radius 1 is 1.38 bits per heavy atom. The number of benzene rings is 1. The van der Waals surface area contributed by atoms with Gasteiger partial charge in [0.05, 0.1) is 5.75 Å². The lowest BCUT2D eigenvalue weighted by molar-refractivity contribution is -0.119. The van der Waals surface area contributed by atoms with E-state index in [-0.39, 0.29) is 11.9 Å². The van der Waals surface area contributed by atoms with Crippen molar-refractivity contribution in [1.29, 1.82) is 0 Å². The predicted molar refractivity (Wildman–Crippen MR) is 91.0 cm³/mol. The van der Waals surface area contributed by atoms with Crippen LogP contribution in [0.25, 0.3) is 0 Å². The Hall–Kier alpha value is -0.420. The van der Waals surface area contributed by atoms with E-state index in [1.165, 1.54) is 0 Å². The minimum absolute atomic E-state index is 0.0791. The molecule has 1 aliphatic rings. The topological polar surface area (TPSA) is 55.1 Å². The van der Waals surface area contributed by atoms with Gasteiger partial charge in [-0.05, 0) is 43.0 Å². The van der Waals surface area contributed by atoms with Crippen LogP contribution in [-0.2, 0) is 10.5 Å². The molecule has 21 heavy (non-hydrogen) atoms. The van der Waals surface area contributed by atoms with E-state index >= 15 is 0 Å². The molecule has 1 fully saturated rings. The van der Waals surface area contributed by atoms with Crippen LogP contribution in [0.3, 0.4) is 0 Å². The summed E-state index contributed by atoms with van der Waals surface area (Å²) in [6, 6.07) is 5.69. The largest absolute Gasteiger partial charge is 0.352 e. The minimum Gasteiger partial charge on any atom is -0.352 e. The fourth-order valence-corrected chi connectivity index (χ4v) is 4.05. The number of thioether (sulfide) groups is 1. The Balaban J connectivity index is 1.74. The summed E-state index contributed by atoms with van der Waals surface area (Å²) in [4.78, 5) is 12.0. The maximum Gasteiger partial charge on any atom is 0.230 e. The van der Waals surface area contributed by atoms with Crippen molar-refractivity contribution in [3.8, 4) is 0 Å². The number of nitrogens with two attached hydrogens (primary N) is 1. The Kier molecular flexibility index (Phi) is 6.68. The molecule has 2 atom stereocenters. The average Bonchev–Trinajstić information content (AvgIpc) is 2.88. The zero-order valence-electron chi connectivity index (χ0n) is 11.8. The van der Waals surface area contributed by atoms with E-state index in [2.05, 4.69) is 5.32 Å². The molecule has 1 amide bonds. The monoisotopic (exact) mass is 346 g/mol. The average molecular weight is 347 g/mol. The Morgan fingerprint density at radius 2 is 2.19 bits per heavy atom. The van der Waals surface area contributed by atoms with Crippen molar-refractivity contribution in [2.75, 3.05) is 12.3 Å². The smallest absolute Gasteiger partial charge is 0.230 e. The number of carbonyl (C=O) groups excluding carboxylic acids is 1. The first-order valence-electron chi connectivity index (χ1n) is 7.11. The number of rotatable bonds is 6. The van der Waals surface area contributed by atoms with Crippen molar-refractivity contribution >= 4 is 40.9 Å². The molecule has 0 spiro atoms. The fourth-order valence-electron chi connectivity index (χ4n) is 2.65. The first-order chi connectivity index (χ1) is 10.1. The van der Waals surface area contributed by atoms with Crippen LogP contribution in [0.4, 0.5) is 0 Å². The van der Waals surface area contributed by atoms with Crippen LogP contribution < -0.4 is 11.1 Å². The standard InChI is InChI=1S/C15H20Cl2N2OS/c16-12-5-4-11(13(17)6-12)8-21-9-15(20)19-14-3-1-2-10(14)7-18/h4-6,10,14H,1-3,7-9,18H2,(H,19,20). The van der Waals surface area contributed by atoms with Crippen LogP contribution in [0.2, 0.25) is 10.0 Å². The lowest BCUT2D eigenvalue weighted by Gasteiger charge is -2.19. The molecular weight excluding hydrogens is 327 g/mol. The van der Waals surface area contributed by atoms with Crippen molar-refractivity contribution in [3.05, 3.63) is 33.8 Å². The van der Waals surface area contributed by atoms with Crippen molar-refractivity contribution in [2.24, 2.45) is 11.7 Å². The Labute approximate surface area is 139 Å². The van der Waals surface area contributed by atoms with Gasteiger partial charge in [0.15, 0.2) is 0 Å². The number of hydrogen-bond acceptors (Lipinski definition) is 3.